The summed E-state index contributed by atoms with van der Waals surface area (Å²) in [5.74, 6) is 0.738. The first-order chi connectivity index (χ1) is 9.77. The summed E-state index contributed by atoms with van der Waals surface area (Å²) in [5.41, 5.74) is 0.903. The third-order valence-corrected chi connectivity index (χ3v) is 2.68. The zero-order valence-corrected chi connectivity index (χ0v) is 10.9. The highest BCUT2D eigenvalue weighted by Gasteiger charge is 2.17. The van der Waals surface area contributed by atoms with Crippen molar-refractivity contribution in [3.8, 4) is 11.5 Å². The monoisotopic (exact) mass is 266 g/mol. The average molecular weight is 266 g/mol. The Morgan fingerprint density at radius 2 is 1.20 bits per heavy atom. The number of ether oxygens (including phenoxy) is 2. The highest BCUT2D eigenvalue weighted by Crippen LogP contribution is 2.26. The second kappa shape index (κ2) is 6.38. The molecule has 0 saturated carbocycles. The number of hydrogen-bond acceptors (Lipinski definition) is 3. The molecule has 0 saturated heterocycles. The Balaban J connectivity index is 2.46. The molecule has 0 bridgehead atoms. The molecule has 0 aliphatic rings. The van der Waals surface area contributed by atoms with Crippen molar-refractivity contribution in [3.05, 3.63) is 85.3 Å². The molecule has 0 fully saturated rings. The lowest BCUT2D eigenvalue weighted by molar-refractivity contribution is 0.103. The third kappa shape index (κ3) is 2.78. The van der Waals surface area contributed by atoms with Gasteiger partial charge in [-0.15, -0.1) is 0 Å². The number of hydrogen-bond donors (Lipinski definition) is 0. The summed E-state index contributed by atoms with van der Waals surface area (Å²) in [7, 11) is 0. The number of rotatable bonds is 6. The lowest BCUT2D eigenvalue weighted by Crippen LogP contribution is -2.05. The van der Waals surface area contributed by atoms with Crippen molar-refractivity contribution in [2.45, 2.75) is 0 Å². The molecule has 0 heterocycles. The van der Waals surface area contributed by atoms with Gasteiger partial charge < -0.3 is 9.47 Å². The van der Waals surface area contributed by atoms with E-state index in [1.54, 1.807) is 48.5 Å². The molecule has 100 valence electrons. The molecule has 0 aliphatic carbocycles. The molecule has 20 heavy (non-hydrogen) atoms. The summed E-state index contributed by atoms with van der Waals surface area (Å²) in [6.07, 6.45) is 2.58. The maximum absolute atomic E-state index is 12.6. The van der Waals surface area contributed by atoms with Crippen LogP contribution in [-0.4, -0.2) is 5.78 Å². The van der Waals surface area contributed by atoms with E-state index in [4.69, 9.17) is 9.47 Å². The second-order valence-electron chi connectivity index (χ2n) is 3.89. The summed E-state index contributed by atoms with van der Waals surface area (Å²) in [6.45, 7) is 7.01. The van der Waals surface area contributed by atoms with E-state index < -0.39 is 0 Å². The fraction of sp³-hybridized carbons (Fsp3) is 0. The predicted molar refractivity (Wildman–Crippen MR) is 78.0 cm³/mol. The highest BCUT2D eigenvalue weighted by molar-refractivity contribution is 6.12. The molecule has 0 spiro atoms. The lowest BCUT2D eigenvalue weighted by Gasteiger charge is -2.10. The number of para-hydroxylation sites is 2. The van der Waals surface area contributed by atoms with Crippen LogP contribution in [0.4, 0.5) is 0 Å². The Labute approximate surface area is 117 Å². The van der Waals surface area contributed by atoms with Gasteiger partial charge in [-0.2, -0.15) is 0 Å². The SMILES string of the molecule is C=COc1ccccc1C(=O)c1ccccc1OC=C. The smallest absolute Gasteiger partial charge is 0.200 e. The molecule has 0 radical (unpaired) electrons. The highest BCUT2D eigenvalue weighted by atomic mass is 16.5. The van der Waals surface area contributed by atoms with Gasteiger partial charge in [0.15, 0.2) is 0 Å². The van der Waals surface area contributed by atoms with Crippen molar-refractivity contribution < 1.29 is 14.3 Å². The van der Waals surface area contributed by atoms with Crippen LogP contribution < -0.4 is 9.47 Å². The average Bonchev–Trinajstić information content (AvgIpc) is 2.48. The molecule has 0 amide bonds. The van der Waals surface area contributed by atoms with E-state index in [9.17, 15) is 4.79 Å². The first kappa shape index (κ1) is 13.6. The molecular formula is C17H14O3. The maximum Gasteiger partial charge on any atom is 0.200 e. The number of ketones is 1. The molecule has 2 aromatic rings. The van der Waals surface area contributed by atoms with Crippen molar-refractivity contribution in [1.82, 2.24) is 0 Å². The van der Waals surface area contributed by atoms with Crippen molar-refractivity contribution in [1.29, 1.82) is 0 Å². The zero-order chi connectivity index (χ0) is 14.4. The van der Waals surface area contributed by atoms with E-state index in [-0.39, 0.29) is 5.78 Å². The van der Waals surface area contributed by atoms with E-state index in [0.29, 0.717) is 22.6 Å². The van der Waals surface area contributed by atoms with Gasteiger partial charge in [0, 0.05) is 0 Å². The van der Waals surface area contributed by atoms with Crippen LogP contribution in [0.25, 0.3) is 0 Å². The van der Waals surface area contributed by atoms with Gasteiger partial charge in [0.05, 0.1) is 23.7 Å². The Kier molecular flexibility index (Phi) is 4.35. The fourth-order valence-corrected chi connectivity index (χ4v) is 1.84. The standard InChI is InChI=1S/C17H14O3/c1-3-19-15-11-7-5-9-13(15)17(18)14-10-6-8-12-16(14)20-4-2/h3-12H,1-2H2. The van der Waals surface area contributed by atoms with E-state index >= 15 is 0 Å². The number of benzene rings is 2. The maximum atomic E-state index is 12.6. The minimum absolute atomic E-state index is 0.181. The summed E-state index contributed by atoms with van der Waals surface area (Å²) in [6, 6.07) is 14.0. The van der Waals surface area contributed by atoms with Gasteiger partial charge in [-0.1, -0.05) is 37.4 Å². The van der Waals surface area contributed by atoms with Crippen molar-refractivity contribution in [2.24, 2.45) is 0 Å². The fourth-order valence-electron chi connectivity index (χ4n) is 1.84. The molecule has 2 rings (SSSR count). The van der Waals surface area contributed by atoms with Crippen molar-refractivity contribution in [2.75, 3.05) is 0 Å². The van der Waals surface area contributed by atoms with Gasteiger partial charge in [-0.3, -0.25) is 4.79 Å². The lowest BCUT2D eigenvalue weighted by atomic mass is 10.0. The van der Waals surface area contributed by atoms with Crippen molar-refractivity contribution >= 4 is 5.78 Å². The first-order valence-corrected chi connectivity index (χ1v) is 6.05. The van der Waals surface area contributed by atoms with Crippen molar-refractivity contribution in [3.63, 3.8) is 0 Å². The van der Waals surface area contributed by atoms with E-state index in [0.717, 1.165) is 0 Å². The summed E-state index contributed by atoms with van der Waals surface area (Å²) in [4.78, 5) is 12.6. The van der Waals surface area contributed by atoms with E-state index in [1.165, 1.54) is 12.5 Å². The van der Waals surface area contributed by atoms with E-state index in [2.05, 4.69) is 13.2 Å². The molecule has 0 N–H and O–H groups in total. The molecule has 3 heteroatoms. The van der Waals surface area contributed by atoms with Gasteiger partial charge in [0.2, 0.25) is 5.78 Å². The minimum Gasteiger partial charge on any atom is -0.465 e. The molecule has 2 aromatic carbocycles. The zero-order valence-electron chi connectivity index (χ0n) is 10.9. The largest absolute Gasteiger partial charge is 0.465 e. The topological polar surface area (TPSA) is 35.5 Å². The van der Waals surface area contributed by atoms with Crippen LogP contribution in [0.5, 0.6) is 11.5 Å². The van der Waals surface area contributed by atoms with E-state index in [1.807, 2.05) is 0 Å². The molecule has 0 atom stereocenters. The Bertz CT molecular complexity index is 589. The van der Waals surface area contributed by atoms with Crippen LogP contribution in [0.1, 0.15) is 15.9 Å². The Hall–Kier alpha value is -2.81. The van der Waals surface area contributed by atoms with Gasteiger partial charge in [0.1, 0.15) is 11.5 Å². The summed E-state index contributed by atoms with van der Waals surface area (Å²) >= 11 is 0. The summed E-state index contributed by atoms with van der Waals surface area (Å²) < 4.78 is 10.5. The van der Waals surface area contributed by atoms with Gasteiger partial charge in [-0.05, 0) is 24.3 Å². The Morgan fingerprint density at radius 3 is 1.60 bits per heavy atom. The van der Waals surface area contributed by atoms with Crippen LogP contribution in [0.2, 0.25) is 0 Å². The molecular weight excluding hydrogens is 252 g/mol. The van der Waals surface area contributed by atoms with Crippen LogP contribution in [0.3, 0.4) is 0 Å². The molecule has 0 aromatic heterocycles. The van der Waals surface area contributed by atoms with Gasteiger partial charge >= 0.3 is 0 Å². The summed E-state index contributed by atoms with van der Waals surface area (Å²) in [5, 5.41) is 0. The van der Waals surface area contributed by atoms with Crippen LogP contribution >= 0.6 is 0 Å². The van der Waals surface area contributed by atoms with Crippen LogP contribution in [0.15, 0.2) is 74.2 Å². The first-order valence-electron chi connectivity index (χ1n) is 6.05. The quantitative estimate of drug-likeness (QED) is 0.586. The third-order valence-electron chi connectivity index (χ3n) is 2.68. The molecule has 0 unspecified atom stereocenters. The van der Waals surface area contributed by atoms with Gasteiger partial charge in [-0.25, -0.2) is 0 Å². The predicted octanol–water partition coefficient (Wildman–Crippen LogP) is 3.96. The molecule has 3 nitrogen and oxygen atoms in total. The van der Waals surface area contributed by atoms with Gasteiger partial charge in [0.25, 0.3) is 0 Å². The van der Waals surface area contributed by atoms with Crippen LogP contribution in [0, 0.1) is 0 Å². The second-order valence-corrected chi connectivity index (χ2v) is 3.89. The normalized spacial score (nSPS) is 9.60. The molecule has 0 aliphatic heterocycles. The Morgan fingerprint density at radius 1 is 0.800 bits per heavy atom. The number of carbonyl (C=O) groups is 1. The minimum atomic E-state index is -0.181. The number of carbonyl (C=O) groups excluding carboxylic acids is 1. The van der Waals surface area contributed by atoms with Crippen LogP contribution in [-0.2, 0) is 0 Å².